The summed E-state index contributed by atoms with van der Waals surface area (Å²) in [5, 5.41) is 13.5. The summed E-state index contributed by atoms with van der Waals surface area (Å²) in [6, 6.07) is 27.7. The van der Waals surface area contributed by atoms with Gasteiger partial charge in [-0.3, -0.25) is 9.69 Å². The van der Waals surface area contributed by atoms with Gasteiger partial charge in [-0.15, -0.1) is 0 Å². The number of methoxy groups -OCH3 is 1. The third-order valence-corrected chi connectivity index (χ3v) is 6.96. The van der Waals surface area contributed by atoms with Crippen molar-refractivity contribution < 1.29 is 14.6 Å². The van der Waals surface area contributed by atoms with Crippen LogP contribution in [0.25, 0.3) is 0 Å². The lowest BCUT2D eigenvalue weighted by molar-refractivity contribution is -0.126. The first-order valence-electron chi connectivity index (χ1n) is 12.0. The number of nitrogens with zero attached hydrogens (tertiary/aromatic N) is 1. The predicted octanol–water partition coefficient (Wildman–Crippen LogP) is 4.32. The molecular weight excluding hydrogens is 424 g/mol. The van der Waals surface area contributed by atoms with E-state index in [1.807, 2.05) is 84.9 Å². The number of hydrogen-bond acceptors (Lipinski definition) is 4. The highest BCUT2D eigenvalue weighted by Crippen LogP contribution is 2.37. The Kier molecular flexibility index (Phi) is 7.66. The molecule has 3 aromatic carbocycles. The molecule has 2 atom stereocenters. The highest BCUT2D eigenvalue weighted by Gasteiger charge is 2.41. The molecule has 1 aliphatic rings. The number of β-amino-alcohol motifs (C(OH)–C–C–N with tert-alkyl or cyclic N) is 1. The molecule has 0 spiro atoms. The van der Waals surface area contributed by atoms with E-state index in [1.54, 1.807) is 7.11 Å². The van der Waals surface area contributed by atoms with Gasteiger partial charge >= 0.3 is 0 Å². The number of nitrogens with one attached hydrogen (secondary N) is 1. The third kappa shape index (κ3) is 5.01. The standard InChI is InChI=1S/C29H34N2O3/c1-3-29(23-10-6-4-7-11-23,24-12-8-5-9-13-24)28(33)30-27(21-31-19-18-25(32)20-31)22-14-16-26(34-2)17-15-22/h4-17,25,27,32H,3,18-21H2,1-2H3,(H,30,33)/t25?,27-/m1/s1. The molecule has 1 unspecified atom stereocenters. The Morgan fingerprint density at radius 2 is 1.62 bits per heavy atom. The van der Waals surface area contributed by atoms with Crippen LogP contribution in [-0.4, -0.2) is 48.8 Å². The zero-order valence-electron chi connectivity index (χ0n) is 20.0. The van der Waals surface area contributed by atoms with Crippen molar-refractivity contribution in [3.63, 3.8) is 0 Å². The van der Waals surface area contributed by atoms with Gasteiger partial charge in [0.1, 0.15) is 5.75 Å². The lowest BCUT2D eigenvalue weighted by atomic mass is 9.71. The molecule has 0 bridgehead atoms. The van der Waals surface area contributed by atoms with Crippen LogP contribution in [0.2, 0.25) is 0 Å². The van der Waals surface area contributed by atoms with Crippen LogP contribution in [0.5, 0.6) is 5.75 Å². The fourth-order valence-corrected chi connectivity index (χ4v) is 5.03. The molecule has 178 valence electrons. The number of ether oxygens (including phenoxy) is 1. The topological polar surface area (TPSA) is 61.8 Å². The summed E-state index contributed by atoms with van der Waals surface area (Å²) < 4.78 is 5.33. The maximum atomic E-state index is 14.2. The second-order valence-electron chi connectivity index (χ2n) is 8.99. The molecule has 0 saturated carbocycles. The van der Waals surface area contributed by atoms with Crippen molar-refractivity contribution in [1.82, 2.24) is 10.2 Å². The zero-order valence-corrected chi connectivity index (χ0v) is 20.0. The number of carbonyl (C=O) groups is 1. The summed E-state index contributed by atoms with van der Waals surface area (Å²) in [5.74, 6) is 0.759. The van der Waals surface area contributed by atoms with Crippen LogP contribution in [0.3, 0.4) is 0 Å². The lowest BCUT2D eigenvalue weighted by Gasteiger charge is -2.35. The van der Waals surface area contributed by atoms with Crippen LogP contribution in [0, 0.1) is 0 Å². The van der Waals surface area contributed by atoms with Gasteiger partial charge in [0.15, 0.2) is 0 Å². The van der Waals surface area contributed by atoms with Crippen molar-refractivity contribution in [1.29, 1.82) is 0 Å². The Labute approximate surface area is 202 Å². The van der Waals surface area contributed by atoms with E-state index in [4.69, 9.17) is 4.74 Å². The summed E-state index contributed by atoms with van der Waals surface area (Å²) in [6.07, 6.45) is 1.08. The first-order chi connectivity index (χ1) is 16.6. The number of likely N-dealkylation sites (tertiary alicyclic amines) is 1. The molecule has 1 fully saturated rings. The van der Waals surface area contributed by atoms with Crippen LogP contribution in [0.1, 0.15) is 42.5 Å². The van der Waals surface area contributed by atoms with Gasteiger partial charge < -0.3 is 15.2 Å². The minimum absolute atomic E-state index is 0.0204. The minimum atomic E-state index is -0.808. The molecular formula is C29H34N2O3. The van der Waals surface area contributed by atoms with Gasteiger partial charge in [-0.1, -0.05) is 79.7 Å². The van der Waals surface area contributed by atoms with Crippen molar-refractivity contribution in [2.45, 2.75) is 37.3 Å². The molecule has 0 radical (unpaired) electrons. The Hall–Kier alpha value is -3.15. The largest absolute Gasteiger partial charge is 0.497 e. The van der Waals surface area contributed by atoms with E-state index in [9.17, 15) is 9.90 Å². The van der Waals surface area contributed by atoms with Gasteiger partial charge in [-0.25, -0.2) is 0 Å². The summed E-state index contributed by atoms with van der Waals surface area (Å²) in [4.78, 5) is 16.5. The van der Waals surface area contributed by atoms with Gasteiger partial charge in [0, 0.05) is 19.6 Å². The van der Waals surface area contributed by atoms with Crippen LogP contribution in [-0.2, 0) is 10.2 Å². The molecule has 3 aromatic rings. The molecule has 0 aromatic heterocycles. The first-order valence-corrected chi connectivity index (χ1v) is 12.0. The molecule has 2 N–H and O–H groups in total. The molecule has 5 nitrogen and oxygen atoms in total. The van der Waals surface area contributed by atoms with Crippen molar-refractivity contribution >= 4 is 5.91 Å². The summed E-state index contributed by atoms with van der Waals surface area (Å²) in [5.41, 5.74) is 2.16. The van der Waals surface area contributed by atoms with E-state index in [-0.39, 0.29) is 18.1 Å². The monoisotopic (exact) mass is 458 g/mol. The molecule has 1 amide bonds. The minimum Gasteiger partial charge on any atom is -0.497 e. The number of aliphatic hydroxyl groups is 1. The van der Waals surface area contributed by atoms with Crippen LogP contribution in [0.15, 0.2) is 84.9 Å². The van der Waals surface area contributed by atoms with Crippen molar-refractivity contribution in [2.24, 2.45) is 0 Å². The molecule has 5 heteroatoms. The van der Waals surface area contributed by atoms with Gasteiger partial charge in [0.25, 0.3) is 0 Å². The van der Waals surface area contributed by atoms with Crippen molar-refractivity contribution in [2.75, 3.05) is 26.7 Å². The van der Waals surface area contributed by atoms with E-state index < -0.39 is 5.41 Å². The Morgan fingerprint density at radius 3 is 2.09 bits per heavy atom. The quantitative estimate of drug-likeness (QED) is 0.502. The number of rotatable bonds is 9. The first kappa shape index (κ1) is 24.0. The van der Waals surface area contributed by atoms with Crippen molar-refractivity contribution in [3.8, 4) is 5.75 Å². The highest BCUT2D eigenvalue weighted by molar-refractivity contribution is 5.92. The number of benzene rings is 3. The Balaban J connectivity index is 1.70. The predicted molar refractivity (Wildman–Crippen MR) is 135 cm³/mol. The summed E-state index contributed by atoms with van der Waals surface area (Å²) in [6.45, 7) is 4.15. The SMILES string of the molecule is CCC(C(=O)N[C@H](CN1CCC(O)C1)c1ccc(OC)cc1)(c1ccccc1)c1ccccc1. The smallest absolute Gasteiger partial charge is 0.235 e. The van der Waals surface area contributed by atoms with E-state index in [0.29, 0.717) is 19.5 Å². The van der Waals surface area contributed by atoms with E-state index in [1.165, 1.54) is 0 Å². The Bertz CT molecular complexity index is 1010. The maximum Gasteiger partial charge on any atom is 0.235 e. The average molecular weight is 459 g/mol. The van der Waals surface area contributed by atoms with E-state index in [2.05, 4.69) is 17.1 Å². The van der Waals surface area contributed by atoms with Crippen LogP contribution >= 0.6 is 0 Å². The molecule has 34 heavy (non-hydrogen) atoms. The van der Waals surface area contributed by atoms with Gasteiger partial charge in [-0.2, -0.15) is 0 Å². The van der Waals surface area contributed by atoms with Crippen LogP contribution < -0.4 is 10.1 Å². The van der Waals surface area contributed by atoms with Gasteiger partial charge in [-0.05, 0) is 41.7 Å². The molecule has 1 saturated heterocycles. The second-order valence-corrected chi connectivity index (χ2v) is 8.99. The fraction of sp³-hybridized carbons (Fsp3) is 0.345. The molecule has 0 aliphatic carbocycles. The van der Waals surface area contributed by atoms with Crippen LogP contribution in [0.4, 0.5) is 0 Å². The number of aliphatic hydroxyl groups excluding tert-OH is 1. The average Bonchev–Trinajstić information content (AvgIpc) is 3.30. The maximum absolute atomic E-state index is 14.2. The van der Waals surface area contributed by atoms with Gasteiger partial charge in [0.2, 0.25) is 5.91 Å². The van der Waals surface area contributed by atoms with E-state index >= 15 is 0 Å². The molecule has 4 rings (SSSR count). The lowest BCUT2D eigenvalue weighted by Crippen LogP contribution is -2.48. The normalized spacial score (nSPS) is 17.3. The Morgan fingerprint density at radius 1 is 1.03 bits per heavy atom. The highest BCUT2D eigenvalue weighted by atomic mass is 16.5. The second kappa shape index (κ2) is 10.9. The summed E-state index contributed by atoms with van der Waals surface area (Å²) >= 11 is 0. The molecule has 1 heterocycles. The number of amides is 1. The number of carbonyl (C=O) groups excluding carboxylic acids is 1. The zero-order chi connectivity index (χ0) is 24.0. The molecule has 1 aliphatic heterocycles. The van der Waals surface area contributed by atoms with E-state index in [0.717, 1.165) is 35.4 Å². The van der Waals surface area contributed by atoms with Gasteiger partial charge in [0.05, 0.1) is 24.7 Å². The summed E-state index contributed by atoms with van der Waals surface area (Å²) in [7, 11) is 1.65. The fourth-order valence-electron chi connectivity index (χ4n) is 5.03. The number of hydrogen-bond donors (Lipinski definition) is 2. The van der Waals surface area contributed by atoms with Crippen molar-refractivity contribution in [3.05, 3.63) is 102 Å². The third-order valence-electron chi connectivity index (χ3n) is 6.96.